The SMILES string of the molecule is COc1ccc(C(=O)N/N=C/c2ccc(OC(=O)c3ccc(Cl)cc3)cc2OC(=O)c2ccc(Cl)cc2)cc1. The van der Waals surface area contributed by atoms with Gasteiger partial charge in [0.25, 0.3) is 5.91 Å². The number of nitrogens with zero attached hydrogens (tertiary/aromatic N) is 1. The molecule has 0 aliphatic carbocycles. The summed E-state index contributed by atoms with van der Waals surface area (Å²) in [6.45, 7) is 0. The number of hydrogen-bond donors (Lipinski definition) is 1. The minimum absolute atomic E-state index is 0.0406. The first-order valence-corrected chi connectivity index (χ1v) is 12.1. The topological polar surface area (TPSA) is 103 Å². The number of hydrazone groups is 1. The zero-order valence-electron chi connectivity index (χ0n) is 20.4. The number of rotatable bonds is 8. The monoisotopic (exact) mass is 562 g/mol. The van der Waals surface area contributed by atoms with E-state index in [2.05, 4.69) is 10.5 Å². The summed E-state index contributed by atoms with van der Waals surface area (Å²) >= 11 is 11.8. The molecule has 0 bridgehead atoms. The molecular weight excluding hydrogens is 543 g/mol. The highest BCUT2D eigenvalue weighted by Gasteiger charge is 2.15. The van der Waals surface area contributed by atoms with Crippen molar-refractivity contribution < 1.29 is 28.6 Å². The molecule has 0 saturated heterocycles. The van der Waals surface area contributed by atoms with Gasteiger partial charge in [0.2, 0.25) is 0 Å². The zero-order chi connectivity index (χ0) is 27.8. The summed E-state index contributed by atoms with van der Waals surface area (Å²) in [6.07, 6.45) is 1.30. The van der Waals surface area contributed by atoms with Crippen LogP contribution < -0.4 is 19.6 Å². The molecule has 0 fully saturated rings. The van der Waals surface area contributed by atoms with Crippen molar-refractivity contribution in [1.82, 2.24) is 5.43 Å². The fraction of sp³-hybridized carbons (Fsp3) is 0.0345. The normalized spacial score (nSPS) is 10.6. The molecule has 4 rings (SSSR count). The van der Waals surface area contributed by atoms with Gasteiger partial charge in [0.15, 0.2) is 0 Å². The maximum absolute atomic E-state index is 12.8. The smallest absolute Gasteiger partial charge is 0.343 e. The van der Waals surface area contributed by atoms with Gasteiger partial charge in [0.05, 0.1) is 24.5 Å². The van der Waals surface area contributed by atoms with Crippen molar-refractivity contribution in [3.8, 4) is 17.2 Å². The minimum atomic E-state index is -0.676. The van der Waals surface area contributed by atoms with Gasteiger partial charge < -0.3 is 14.2 Å². The van der Waals surface area contributed by atoms with Crippen molar-refractivity contribution in [1.29, 1.82) is 0 Å². The molecule has 39 heavy (non-hydrogen) atoms. The molecule has 0 aliphatic rings. The average molecular weight is 563 g/mol. The van der Waals surface area contributed by atoms with E-state index in [0.29, 0.717) is 26.9 Å². The molecule has 196 valence electrons. The lowest BCUT2D eigenvalue weighted by molar-refractivity contribution is 0.0732. The van der Waals surface area contributed by atoms with Crippen LogP contribution in [0.4, 0.5) is 0 Å². The molecule has 0 unspecified atom stereocenters. The summed E-state index contributed by atoms with van der Waals surface area (Å²) in [5.74, 6) is -0.993. The molecule has 4 aromatic rings. The Hall–Kier alpha value is -4.66. The Balaban J connectivity index is 1.55. The predicted octanol–water partition coefficient (Wildman–Crippen LogP) is 6.20. The molecule has 0 aromatic heterocycles. The van der Waals surface area contributed by atoms with Crippen molar-refractivity contribution in [3.05, 3.63) is 123 Å². The number of esters is 2. The second kappa shape index (κ2) is 12.7. The number of ether oxygens (including phenoxy) is 3. The highest BCUT2D eigenvalue weighted by Crippen LogP contribution is 2.26. The Morgan fingerprint density at radius 3 is 1.77 bits per heavy atom. The number of methoxy groups -OCH3 is 1. The van der Waals surface area contributed by atoms with E-state index in [4.69, 9.17) is 37.4 Å². The number of amides is 1. The molecular formula is C29H20Cl2N2O6. The van der Waals surface area contributed by atoms with Crippen LogP contribution in [0.1, 0.15) is 36.6 Å². The largest absolute Gasteiger partial charge is 0.497 e. The van der Waals surface area contributed by atoms with E-state index in [1.807, 2.05) is 0 Å². The standard InChI is InChI=1S/C29H20Cl2N2O6/c1-37-24-13-6-18(7-14-24)27(34)33-32-17-21-8-15-25(38-28(35)19-2-9-22(30)10-3-19)16-26(21)39-29(36)20-4-11-23(31)12-5-20/h2-17H,1H3,(H,33,34)/b32-17+. The van der Waals surface area contributed by atoms with E-state index in [9.17, 15) is 14.4 Å². The maximum Gasteiger partial charge on any atom is 0.343 e. The molecule has 0 heterocycles. The summed E-state index contributed by atoms with van der Waals surface area (Å²) < 4.78 is 16.1. The molecule has 0 saturated carbocycles. The lowest BCUT2D eigenvalue weighted by Gasteiger charge is -2.11. The number of nitrogens with one attached hydrogen (secondary N) is 1. The van der Waals surface area contributed by atoms with E-state index in [-0.39, 0.29) is 22.6 Å². The first-order chi connectivity index (χ1) is 18.8. The quantitative estimate of drug-likeness (QED) is 0.118. The Morgan fingerprint density at radius 1 is 0.692 bits per heavy atom. The Bertz CT molecular complexity index is 1520. The van der Waals surface area contributed by atoms with Crippen molar-refractivity contribution in [2.45, 2.75) is 0 Å². The number of halogens is 2. The molecule has 10 heteroatoms. The van der Waals surface area contributed by atoms with E-state index in [0.717, 1.165) is 0 Å². The van der Waals surface area contributed by atoms with Crippen LogP contribution in [0.5, 0.6) is 17.2 Å². The van der Waals surface area contributed by atoms with Crippen LogP contribution in [-0.2, 0) is 0 Å². The molecule has 0 spiro atoms. The van der Waals surface area contributed by atoms with Crippen molar-refractivity contribution in [2.75, 3.05) is 7.11 Å². The summed E-state index contributed by atoms with van der Waals surface area (Å²) in [6, 6.07) is 23.2. The van der Waals surface area contributed by atoms with E-state index in [1.165, 1.54) is 55.8 Å². The Morgan fingerprint density at radius 2 is 1.21 bits per heavy atom. The van der Waals surface area contributed by atoms with Gasteiger partial charge in [0, 0.05) is 27.2 Å². The number of hydrogen-bond acceptors (Lipinski definition) is 7. The number of benzene rings is 4. The van der Waals surface area contributed by atoms with Crippen LogP contribution in [0.2, 0.25) is 10.0 Å². The predicted molar refractivity (Wildman–Crippen MR) is 147 cm³/mol. The van der Waals surface area contributed by atoms with E-state index >= 15 is 0 Å². The average Bonchev–Trinajstić information content (AvgIpc) is 2.94. The third-order valence-corrected chi connectivity index (χ3v) is 5.78. The second-order valence-electron chi connectivity index (χ2n) is 7.92. The fourth-order valence-corrected chi connectivity index (χ4v) is 3.49. The van der Waals surface area contributed by atoms with Gasteiger partial charge in [0.1, 0.15) is 17.2 Å². The Kier molecular flexibility index (Phi) is 8.94. The molecule has 0 aliphatic heterocycles. The van der Waals surface area contributed by atoms with Crippen LogP contribution >= 0.6 is 23.2 Å². The minimum Gasteiger partial charge on any atom is -0.497 e. The molecule has 4 aromatic carbocycles. The number of carbonyl (C=O) groups is 3. The van der Waals surface area contributed by atoms with Crippen LogP contribution in [-0.4, -0.2) is 31.2 Å². The van der Waals surface area contributed by atoms with E-state index < -0.39 is 17.8 Å². The summed E-state index contributed by atoms with van der Waals surface area (Å²) in [5.41, 5.74) is 3.65. The van der Waals surface area contributed by atoms with Crippen molar-refractivity contribution in [3.63, 3.8) is 0 Å². The van der Waals surface area contributed by atoms with Crippen LogP contribution in [0, 0.1) is 0 Å². The van der Waals surface area contributed by atoms with Gasteiger partial charge in [-0.2, -0.15) is 5.10 Å². The van der Waals surface area contributed by atoms with Crippen LogP contribution in [0.25, 0.3) is 0 Å². The van der Waals surface area contributed by atoms with Crippen LogP contribution in [0.15, 0.2) is 96.1 Å². The molecule has 0 radical (unpaired) electrons. The van der Waals surface area contributed by atoms with Gasteiger partial charge in [-0.25, -0.2) is 15.0 Å². The lowest BCUT2D eigenvalue weighted by Crippen LogP contribution is -2.17. The van der Waals surface area contributed by atoms with Gasteiger partial charge >= 0.3 is 11.9 Å². The summed E-state index contributed by atoms with van der Waals surface area (Å²) in [5, 5.41) is 4.91. The summed E-state index contributed by atoms with van der Waals surface area (Å²) in [7, 11) is 1.53. The Labute approximate surface area is 233 Å². The van der Waals surface area contributed by atoms with Crippen molar-refractivity contribution >= 4 is 47.3 Å². The van der Waals surface area contributed by atoms with E-state index in [1.54, 1.807) is 48.5 Å². The van der Waals surface area contributed by atoms with Gasteiger partial charge in [-0.15, -0.1) is 0 Å². The molecule has 1 amide bonds. The molecule has 1 N–H and O–H groups in total. The highest BCUT2D eigenvalue weighted by atomic mass is 35.5. The first kappa shape index (κ1) is 27.4. The van der Waals surface area contributed by atoms with Crippen LogP contribution in [0.3, 0.4) is 0 Å². The fourth-order valence-electron chi connectivity index (χ4n) is 3.24. The molecule has 8 nitrogen and oxygen atoms in total. The van der Waals surface area contributed by atoms with Gasteiger partial charge in [-0.05, 0) is 84.9 Å². The lowest BCUT2D eigenvalue weighted by atomic mass is 10.2. The summed E-state index contributed by atoms with van der Waals surface area (Å²) in [4.78, 5) is 37.7. The third-order valence-electron chi connectivity index (χ3n) is 5.28. The second-order valence-corrected chi connectivity index (χ2v) is 8.79. The zero-order valence-corrected chi connectivity index (χ0v) is 21.9. The third kappa shape index (κ3) is 7.44. The highest BCUT2D eigenvalue weighted by molar-refractivity contribution is 6.31. The molecule has 0 atom stereocenters. The van der Waals surface area contributed by atoms with Crippen molar-refractivity contribution in [2.24, 2.45) is 5.10 Å². The first-order valence-electron chi connectivity index (χ1n) is 11.4. The van der Waals surface area contributed by atoms with Gasteiger partial charge in [-0.3, -0.25) is 4.79 Å². The number of carbonyl (C=O) groups excluding carboxylic acids is 3. The van der Waals surface area contributed by atoms with Gasteiger partial charge in [-0.1, -0.05) is 23.2 Å². The maximum atomic E-state index is 12.8.